The maximum Gasteiger partial charge on any atom is 0.322 e. The molecule has 0 aromatic heterocycles. The maximum atomic E-state index is 11.3. The highest BCUT2D eigenvalue weighted by molar-refractivity contribution is 5.99. The van der Waals surface area contributed by atoms with Crippen LogP contribution in [-0.2, 0) is 16.0 Å². The van der Waals surface area contributed by atoms with Crippen molar-refractivity contribution in [3.05, 3.63) is 29.3 Å². The van der Waals surface area contributed by atoms with E-state index < -0.39 is 18.1 Å². The number of anilines is 1. The Kier molecular flexibility index (Phi) is 3.55. The van der Waals surface area contributed by atoms with Gasteiger partial charge in [-0.05, 0) is 31.3 Å². The fourth-order valence-corrected chi connectivity index (χ4v) is 2.39. The van der Waals surface area contributed by atoms with Crippen molar-refractivity contribution in [2.45, 2.75) is 18.5 Å². The third kappa shape index (κ3) is 2.59. The van der Waals surface area contributed by atoms with Crippen LogP contribution in [0.2, 0.25) is 0 Å². The number of carbonyl (C=O) groups excluding carboxylic acids is 1. The molecule has 4 N–H and O–H groups in total. The molecular weight excluding hydrogens is 246 g/mol. The number of benzene rings is 1. The molecule has 1 aliphatic rings. The molecule has 0 saturated carbocycles. The van der Waals surface area contributed by atoms with Crippen LogP contribution < -0.4 is 11.1 Å². The molecular formula is C13H17N3O3. The van der Waals surface area contributed by atoms with E-state index >= 15 is 0 Å². The second-order valence-corrected chi connectivity index (χ2v) is 4.91. The van der Waals surface area contributed by atoms with Gasteiger partial charge in [0.15, 0.2) is 0 Å². The Balaban J connectivity index is 2.36. The van der Waals surface area contributed by atoms with Crippen molar-refractivity contribution in [1.82, 2.24) is 4.90 Å². The molecule has 6 heteroatoms. The zero-order chi connectivity index (χ0) is 14.2. The van der Waals surface area contributed by atoms with Gasteiger partial charge in [0, 0.05) is 5.69 Å². The van der Waals surface area contributed by atoms with Crippen molar-refractivity contribution in [3.63, 3.8) is 0 Å². The summed E-state index contributed by atoms with van der Waals surface area (Å²) >= 11 is 0. The van der Waals surface area contributed by atoms with Gasteiger partial charge in [0.2, 0.25) is 5.91 Å². The van der Waals surface area contributed by atoms with Gasteiger partial charge in [-0.15, -0.1) is 0 Å². The summed E-state index contributed by atoms with van der Waals surface area (Å²) in [6.07, 6.45) is 0.325. The zero-order valence-electron chi connectivity index (χ0n) is 10.9. The van der Waals surface area contributed by atoms with Gasteiger partial charge < -0.3 is 21.1 Å². The van der Waals surface area contributed by atoms with Crippen LogP contribution in [0.5, 0.6) is 0 Å². The molecule has 2 atom stereocenters. The van der Waals surface area contributed by atoms with Gasteiger partial charge in [0.05, 0.1) is 12.5 Å². The second kappa shape index (κ2) is 4.99. The van der Waals surface area contributed by atoms with E-state index in [9.17, 15) is 9.59 Å². The molecule has 102 valence electrons. The minimum Gasteiger partial charge on any atom is -0.480 e. The molecule has 0 bridgehead atoms. The number of nitrogens with one attached hydrogen (secondary N) is 1. The van der Waals surface area contributed by atoms with Crippen LogP contribution in [0.25, 0.3) is 0 Å². The highest BCUT2D eigenvalue weighted by atomic mass is 16.4. The van der Waals surface area contributed by atoms with Crippen molar-refractivity contribution < 1.29 is 14.7 Å². The monoisotopic (exact) mass is 263 g/mol. The van der Waals surface area contributed by atoms with Crippen molar-refractivity contribution in [1.29, 1.82) is 0 Å². The minimum atomic E-state index is -1.05. The summed E-state index contributed by atoms with van der Waals surface area (Å²) in [4.78, 5) is 24.2. The molecule has 0 spiro atoms. The van der Waals surface area contributed by atoms with Crippen molar-refractivity contribution in [2.75, 3.05) is 19.4 Å². The Hall–Kier alpha value is -1.92. The number of nitrogens with zero attached hydrogens (tertiary/aromatic N) is 1. The number of hydrogen-bond donors (Lipinski definition) is 3. The van der Waals surface area contributed by atoms with Gasteiger partial charge in [0.1, 0.15) is 6.04 Å². The normalized spacial score (nSPS) is 16.9. The molecule has 2 rings (SSSR count). The largest absolute Gasteiger partial charge is 0.480 e. The summed E-state index contributed by atoms with van der Waals surface area (Å²) in [7, 11) is 3.56. The molecule has 6 nitrogen and oxygen atoms in total. The van der Waals surface area contributed by atoms with Crippen molar-refractivity contribution >= 4 is 17.6 Å². The minimum absolute atomic E-state index is 0.0453. The molecule has 19 heavy (non-hydrogen) atoms. The van der Waals surface area contributed by atoms with Crippen LogP contribution >= 0.6 is 0 Å². The summed E-state index contributed by atoms with van der Waals surface area (Å²) in [5.74, 6) is -1.09. The first-order valence-corrected chi connectivity index (χ1v) is 5.97. The highest BCUT2D eigenvalue weighted by Gasteiger charge is 2.29. The van der Waals surface area contributed by atoms with Crippen LogP contribution in [-0.4, -0.2) is 42.0 Å². The van der Waals surface area contributed by atoms with Gasteiger partial charge in [-0.2, -0.15) is 0 Å². The van der Waals surface area contributed by atoms with Gasteiger partial charge in [-0.3, -0.25) is 9.59 Å². The molecule has 1 heterocycles. The number of aliphatic carboxylic acids is 1. The standard InChI is InChI=1S/C13H17N3O3/c1-16(2)12(11(14)13(18)19)7-3-4-9-8(5-7)6-10(17)15-9/h3-5,11-12H,6,14H2,1-2H3,(H,15,17)(H,18,19). The highest BCUT2D eigenvalue weighted by Crippen LogP contribution is 2.29. The van der Waals surface area contributed by atoms with E-state index in [1.165, 1.54) is 0 Å². The third-order valence-electron chi connectivity index (χ3n) is 3.28. The molecule has 0 fully saturated rings. The number of carboxylic acid groups (broad SMARTS) is 1. The lowest BCUT2D eigenvalue weighted by Gasteiger charge is -2.28. The van der Waals surface area contributed by atoms with Gasteiger partial charge in [0.25, 0.3) is 0 Å². The average Bonchev–Trinajstić information content (AvgIpc) is 2.67. The molecule has 2 unspecified atom stereocenters. The fraction of sp³-hybridized carbons (Fsp3) is 0.385. The summed E-state index contributed by atoms with van der Waals surface area (Å²) in [5, 5.41) is 11.8. The molecule has 1 aromatic carbocycles. The van der Waals surface area contributed by atoms with Gasteiger partial charge in [-0.1, -0.05) is 12.1 Å². The number of rotatable bonds is 4. The van der Waals surface area contributed by atoms with E-state index in [4.69, 9.17) is 10.8 Å². The van der Waals surface area contributed by atoms with Crippen LogP contribution in [0.3, 0.4) is 0 Å². The van der Waals surface area contributed by atoms with Gasteiger partial charge in [-0.25, -0.2) is 0 Å². The summed E-state index contributed by atoms with van der Waals surface area (Å²) in [6, 6.07) is 4.00. The number of hydrogen-bond acceptors (Lipinski definition) is 4. The molecule has 1 amide bonds. The quantitative estimate of drug-likeness (QED) is 0.721. The Bertz CT molecular complexity index is 528. The Morgan fingerprint density at radius 2 is 2.16 bits per heavy atom. The number of fused-ring (bicyclic) bond motifs is 1. The SMILES string of the molecule is CN(C)C(c1ccc2c(c1)CC(=O)N2)C(N)C(=O)O. The van der Waals surface area contributed by atoms with E-state index in [0.717, 1.165) is 16.8 Å². The first-order chi connectivity index (χ1) is 8.90. The Morgan fingerprint density at radius 3 is 2.74 bits per heavy atom. The van der Waals surface area contributed by atoms with E-state index in [1.54, 1.807) is 31.1 Å². The molecule has 1 aromatic rings. The van der Waals surface area contributed by atoms with Crippen molar-refractivity contribution in [3.8, 4) is 0 Å². The number of carboxylic acids is 1. The lowest BCUT2D eigenvalue weighted by Crippen LogP contribution is -2.43. The van der Waals surface area contributed by atoms with E-state index in [0.29, 0.717) is 6.42 Å². The number of carbonyl (C=O) groups is 2. The Labute approximate surface area is 111 Å². The molecule has 0 aliphatic carbocycles. The predicted octanol–water partition coefficient (Wildman–Crippen LogP) is 0.196. The second-order valence-electron chi connectivity index (χ2n) is 4.91. The van der Waals surface area contributed by atoms with Crippen LogP contribution in [0, 0.1) is 0 Å². The molecule has 0 radical (unpaired) electrons. The van der Waals surface area contributed by atoms with Crippen LogP contribution in [0.1, 0.15) is 17.2 Å². The van der Waals surface area contributed by atoms with Crippen molar-refractivity contribution in [2.24, 2.45) is 5.73 Å². The third-order valence-corrected chi connectivity index (χ3v) is 3.28. The summed E-state index contributed by atoms with van der Waals surface area (Å²) < 4.78 is 0. The fourth-order valence-electron chi connectivity index (χ4n) is 2.39. The number of likely N-dealkylation sites (N-methyl/N-ethyl adjacent to an activating group) is 1. The van der Waals surface area contributed by atoms with E-state index in [2.05, 4.69) is 5.32 Å². The average molecular weight is 263 g/mol. The van der Waals surface area contributed by atoms with E-state index in [-0.39, 0.29) is 5.91 Å². The first kappa shape index (κ1) is 13.5. The lowest BCUT2D eigenvalue weighted by atomic mass is 9.96. The van der Waals surface area contributed by atoms with Crippen LogP contribution in [0.15, 0.2) is 18.2 Å². The van der Waals surface area contributed by atoms with Crippen LogP contribution in [0.4, 0.5) is 5.69 Å². The smallest absolute Gasteiger partial charge is 0.322 e. The number of nitrogens with two attached hydrogens (primary N) is 1. The topological polar surface area (TPSA) is 95.7 Å². The summed E-state index contributed by atoms with van der Waals surface area (Å²) in [6.45, 7) is 0. The molecule has 0 saturated heterocycles. The zero-order valence-corrected chi connectivity index (χ0v) is 10.9. The molecule has 1 aliphatic heterocycles. The maximum absolute atomic E-state index is 11.3. The van der Waals surface area contributed by atoms with Gasteiger partial charge >= 0.3 is 5.97 Å². The first-order valence-electron chi connectivity index (χ1n) is 5.97. The Morgan fingerprint density at radius 1 is 1.47 bits per heavy atom. The number of amides is 1. The van der Waals surface area contributed by atoms with E-state index in [1.807, 2.05) is 6.07 Å². The lowest BCUT2D eigenvalue weighted by molar-refractivity contribution is -0.140. The predicted molar refractivity (Wildman–Crippen MR) is 70.8 cm³/mol. The summed E-state index contributed by atoms with van der Waals surface area (Å²) in [5.41, 5.74) is 8.21.